The van der Waals surface area contributed by atoms with Gasteiger partial charge in [-0.25, -0.2) is 5.43 Å². The minimum atomic E-state index is -0.368. The number of pyridine rings is 1. The average molecular weight is 450 g/mol. The Bertz CT molecular complexity index is 1110. The summed E-state index contributed by atoms with van der Waals surface area (Å²) < 4.78 is 10.9. The van der Waals surface area contributed by atoms with Crippen LogP contribution >= 0.6 is 0 Å². The van der Waals surface area contributed by atoms with E-state index in [9.17, 15) is 4.79 Å². The molecule has 2 aliphatic carbocycles. The van der Waals surface area contributed by atoms with Gasteiger partial charge in [-0.2, -0.15) is 0 Å². The topological polar surface area (TPSA) is 96.5 Å². The van der Waals surface area contributed by atoms with E-state index < -0.39 is 0 Å². The van der Waals surface area contributed by atoms with E-state index in [1.54, 1.807) is 20.4 Å². The lowest BCUT2D eigenvalue weighted by Crippen LogP contribution is -2.39. The second-order valence-corrected chi connectivity index (χ2v) is 9.93. The fourth-order valence-corrected chi connectivity index (χ4v) is 6.51. The monoisotopic (exact) mass is 449 g/mol. The summed E-state index contributed by atoms with van der Waals surface area (Å²) in [5, 5.41) is 6.74. The molecule has 3 fully saturated rings. The lowest BCUT2D eigenvalue weighted by atomic mass is 9.74. The Labute approximate surface area is 193 Å². The van der Waals surface area contributed by atoms with Crippen molar-refractivity contribution in [2.45, 2.75) is 50.2 Å². The standard InChI is InChI=1S/C25H31N5O3/c1-13-8-21(22(33-3)12-26-13)27-23-16-6-4-14(9-20(16)29-30-23)18-11-25(18)17-10-15(32-2)5-7-19(17)28-24(25)31/h5,7-8,10,12,14,16,18,20,23,29-30H,4,6,9,11H2,1-3H3,(H,26,27)(H,28,31)/t14?,16?,18-,20?,23?,25-/m0/s1. The predicted molar refractivity (Wildman–Crippen MR) is 125 cm³/mol. The first-order valence-electron chi connectivity index (χ1n) is 11.8. The van der Waals surface area contributed by atoms with Crippen molar-refractivity contribution in [3.05, 3.63) is 41.7 Å². The van der Waals surface area contributed by atoms with Crippen LogP contribution < -0.4 is 31.0 Å². The highest BCUT2D eigenvalue weighted by Crippen LogP contribution is 2.65. The number of ether oxygens (including phenoxy) is 2. The normalized spacial score (nSPS) is 33.9. The van der Waals surface area contributed by atoms with Gasteiger partial charge < -0.3 is 20.1 Å². The summed E-state index contributed by atoms with van der Waals surface area (Å²) in [5.74, 6) is 3.12. The molecule has 1 amide bonds. The molecule has 3 heterocycles. The Balaban J connectivity index is 1.16. The molecule has 1 spiro atoms. The van der Waals surface area contributed by atoms with Crippen LogP contribution in [0.5, 0.6) is 11.5 Å². The number of rotatable bonds is 5. The maximum absolute atomic E-state index is 13.0. The molecule has 1 aromatic heterocycles. The van der Waals surface area contributed by atoms with Gasteiger partial charge in [-0.3, -0.25) is 15.2 Å². The van der Waals surface area contributed by atoms with Gasteiger partial charge in [0.25, 0.3) is 0 Å². The van der Waals surface area contributed by atoms with Crippen molar-refractivity contribution >= 4 is 17.3 Å². The van der Waals surface area contributed by atoms with Crippen molar-refractivity contribution in [2.24, 2.45) is 17.8 Å². The highest BCUT2D eigenvalue weighted by atomic mass is 16.5. The highest BCUT2D eigenvalue weighted by Gasteiger charge is 2.67. The number of amides is 1. The van der Waals surface area contributed by atoms with E-state index in [-0.39, 0.29) is 17.5 Å². The second kappa shape index (κ2) is 7.60. The van der Waals surface area contributed by atoms with Crippen LogP contribution in [0.3, 0.4) is 0 Å². The van der Waals surface area contributed by atoms with Gasteiger partial charge in [0, 0.05) is 23.3 Å². The van der Waals surface area contributed by atoms with Gasteiger partial charge in [-0.15, -0.1) is 0 Å². The summed E-state index contributed by atoms with van der Waals surface area (Å²) >= 11 is 0. The minimum absolute atomic E-state index is 0.125. The minimum Gasteiger partial charge on any atom is -0.497 e. The van der Waals surface area contributed by atoms with Crippen molar-refractivity contribution < 1.29 is 14.3 Å². The van der Waals surface area contributed by atoms with Crippen LogP contribution in [0.4, 0.5) is 11.4 Å². The third-order valence-corrected chi connectivity index (χ3v) is 8.28. The first kappa shape index (κ1) is 20.7. The molecule has 0 bridgehead atoms. The molecule has 0 radical (unpaired) electrons. The largest absolute Gasteiger partial charge is 0.497 e. The van der Waals surface area contributed by atoms with Gasteiger partial charge in [0.1, 0.15) is 5.75 Å². The molecule has 2 saturated carbocycles. The number of fused-ring (bicyclic) bond motifs is 3. The third kappa shape index (κ3) is 3.19. The van der Waals surface area contributed by atoms with Crippen molar-refractivity contribution in [3.8, 4) is 11.5 Å². The molecule has 1 saturated heterocycles. The van der Waals surface area contributed by atoms with Crippen molar-refractivity contribution in [1.82, 2.24) is 15.8 Å². The number of aryl methyl sites for hydroxylation is 1. The molecular weight excluding hydrogens is 418 g/mol. The molecule has 8 heteroatoms. The van der Waals surface area contributed by atoms with Gasteiger partial charge in [0.05, 0.1) is 37.7 Å². The van der Waals surface area contributed by atoms with E-state index in [0.29, 0.717) is 23.8 Å². The zero-order chi connectivity index (χ0) is 22.7. The maximum atomic E-state index is 13.0. The van der Waals surface area contributed by atoms with Crippen LogP contribution in [0.25, 0.3) is 0 Å². The maximum Gasteiger partial charge on any atom is 0.235 e. The number of hydrazine groups is 1. The fraction of sp³-hybridized carbons (Fsp3) is 0.520. The van der Waals surface area contributed by atoms with Gasteiger partial charge in [-0.1, -0.05) is 0 Å². The van der Waals surface area contributed by atoms with E-state index in [4.69, 9.17) is 9.47 Å². The van der Waals surface area contributed by atoms with Crippen LogP contribution in [0.2, 0.25) is 0 Å². The SMILES string of the molecule is COc1ccc2c(c1)[C@]1(C[C@H]1C1CCC3C(C1)NNC3Nc1cc(C)ncc1OC)C(=O)N2. The van der Waals surface area contributed by atoms with Crippen molar-refractivity contribution in [3.63, 3.8) is 0 Å². The molecule has 4 N–H and O–H groups in total. The summed E-state index contributed by atoms with van der Waals surface area (Å²) in [6.45, 7) is 1.98. The Kier molecular flexibility index (Phi) is 4.78. The Morgan fingerprint density at radius 3 is 2.85 bits per heavy atom. The summed E-state index contributed by atoms with van der Waals surface area (Å²) in [6.07, 6.45) is 6.14. The molecule has 6 rings (SSSR count). The molecule has 4 aliphatic rings. The zero-order valence-corrected chi connectivity index (χ0v) is 19.3. The van der Waals surface area contributed by atoms with E-state index in [0.717, 1.165) is 59.8 Å². The third-order valence-electron chi connectivity index (χ3n) is 8.28. The number of carbonyl (C=O) groups is 1. The number of methoxy groups -OCH3 is 2. The molecule has 6 atom stereocenters. The fourth-order valence-electron chi connectivity index (χ4n) is 6.51. The number of nitrogens with one attached hydrogen (secondary N) is 4. The molecule has 33 heavy (non-hydrogen) atoms. The first-order valence-corrected chi connectivity index (χ1v) is 11.8. The predicted octanol–water partition coefficient (Wildman–Crippen LogP) is 2.95. The average Bonchev–Trinajstić information content (AvgIpc) is 3.38. The summed E-state index contributed by atoms with van der Waals surface area (Å²) in [5.41, 5.74) is 10.6. The Morgan fingerprint density at radius 2 is 2.03 bits per heavy atom. The van der Waals surface area contributed by atoms with Crippen LogP contribution in [0, 0.1) is 24.7 Å². The number of carbonyl (C=O) groups excluding carboxylic acids is 1. The second-order valence-electron chi connectivity index (χ2n) is 9.93. The number of anilines is 2. The zero-order valence-electron chi connectivity index (χ0n) is 19.3. The lowest BCUT2D eigenvalue weighted by molar-refractivity contribution is -0.118. The smallest absolute Gasteiger partial charge is 0.235 e. The molecule has 2 aliphatic heterocycles. The lowest BCUT2D eigenvalue weighted by Gasteiger charge is -2.34. The number of benzene rings is 1. The van der Waals surface area contributed by atoms with Crippen LogP contribution in [0.15, 0.2) is 30.5 Å². The summed E-state index contributed by atoms with van der Waals surface area (Å²) in [4.78, 5) is 17.4. The molecule has 2 aromatic rings. The van der Waals surface area contributed by atoms with Crippen molar-refractivity contribution in [2.75, 3.05) is 24.9 Å². The van der Waals surface area contributed by atoms with Gasteiger partial charge in [0.2, 0.25) is 5.91 Å². The number of hydrogen-bond acceptors (Lipinski definition) is 7. The van der Waals surface area contributed by atoms with Crippen molar-refractivity contribution in [1.29, 1.82) is 0 Å². The number of hydrogen-bond donors (Lipinski definition) is 4. The van der Waals surface area contributed by atoms with Gasteiger partial charge in [0.15, 0.2) is 5.75 Å². The molecular formula is C25H31N5O3. The van der Waals surface area contributed by atoms with E-state index in [1.165, 1.54) is 0 Å². The highest BCUT2D eigenvalue weighted by molar-refractivity contribution is 6.09. The quantitative estimate of drug-likeness (QED) is 0.557. The molecule has 8 nitrogen and oxygen atoms in total. The molecule has 1 aromatic carbocycles. The first-order chi connectivity index (χ1) is 16.0. The summed E-state index contributed by atoms with van der Waals surface area (Å²) in [6, 6.07) is 8.35. The van der Waals surface area contributed by atoms with Gasteiger partial charge >= 0.3 is 0 Å². The van der Waals surface area contributed by atoms with Crippen LogP contribution in [-0.4, -0.2) is 37.3 Å². The Hall–Kier alpha value is -2.84. The summed E-state index contributed by atoms with van der Waals surface area (Å²) in [7, 11) is 3.35. The molecule has 174 valence electrons. The Morgan fingerprint density at radius 1 is 1.15 bits per heavy atom. The van der Waals surface area contributed by atoms with Gasteiger partial charge in [-0.05, 0) is 74.3 Å². The molecule has 4 unspecified atom stereocenters. The van der Waals surface area contributed by atoms with E-state index in [2.05, 4.69) is 32.5 Å². The number of aromatic nitrogens is 1. The van der Waals surface area contributed by atoms with E-state index >= 15 is 0 Å². The van der Waals surface area contributed by atoms with E-state index in [1.807, 2.05) is 25.1 Å². The van der Waals surface area contributed by atoms with Crippen LogP contribution in [0.1, 0.15) is 36.9 Å². The number of nitrogens with zero attached hydrogens (tertiary/aromatic N) is 1. The van der Waals surface area contributed by atoms with Crippen LogP contribution in [-0.2, 0) is 10.2 Å².